The maximum atomic E-state index is 12.6. The third-order valence-electron chi connectivity index (χ3n) is 4.99. The summed E-state index contributed by atoms with van der Waals surface area (Å²) in [5.41, 5.74) is 1.36. The number of hydrogen-bond acceptors (Lipinski definition) is 1. The summed E-state index contributed by atoms with van der Waals surface area (Å²) in [6.45, 7) is 1.00. The van der Waals surface area contributed by atoms with E-state index < -0.39 is 0 Å². The second kappa shape index (κ2) is 6.43. The van der Waals surface area contributed by atoms with Crippen molar-refractivity contribution in [2.24, 2.45) is 5.92 Å². The molecule has 0 N–H and O–H groups in total. The van der Waals surface area contributed by atoms with Crippen LogP contribution in [0.5, 0.6) is 0 Å². The van der Waals surface area contributed by atoms with Gasteiger partial charge in [-0.3, -0.25) is 4.79 Å². The Morgan fingerprint density at radius 1 is 1.00 bits per heavy atom. The van der Waals surface area contributed by atoms with E-state index in [9.17, 15) is 4.79 Å². The molecule has 2 aliphatic rings. The molecule has 0 bridgehead atoms. The maximum absolute atomic E-state index is 12.6. The summed E-state index contributed by atoms with van der Waals surface area (Å²) in [5.74, 6) is 0.713. The molecule has 1 aromatic rings. The van der Waals surface area contributed by atoms with Gasteiger partial charge in [0.1, 0.15) is 0 Å². The predicted octanol–water partition coefficient (Wildman–Crippen LogP) is 3.80. The molecule has 1 aliphatic carbocycles. The van der Waals surface area contributed by atoms with Crippen molar-refractivity contribution in [2.75, 3.05) is 6.54 Å². The molecule has 1 aliphatic heterocycles. The smallest absolute Gasteiger partial charge is 0.226 e. The van der Waals surface area contributed by atoms with Crippen LogP contribution in [0.15, 0.2) is 30.3 Å². The van der Waals surface area contributed by atoms with Gasteiger partial charge in [0.2, 0.25) is 5.91 Å². The van der Waals surface area contributed by atoms with E-state index >= 15 is 0 Å². The molecule has 1 saturated carbocycles. The van der Waals surface area contributed by atoms with E-state index in [-0.39, 0.29) is 5.92 Å². The summed E-state index contributed by atoms with van der Waals surface area (Å²) in [6.07, 6.45) is 9.57. The standard InChI is InChI=1S/C18H25NO/c20-18-16(12-11-15-7-3-1-4-8-15)13-14-19(18)17-9-5-2-6-10-17/h1,3-4,7-8,16-17H,2,5-6,9-14H2/t16-/m0/s1. The van der Waals surface area contributed by atoms with Crippen molar-refractivity contribution >= 4 is 5.91 Å². The number of rotatable bonds is 4. The molecule has 0 spiro atoms. The van der Waals surface area contributed by atoms with Crippen molar-refractivity contribution in [2.45, 2.75) is 57.4 Å². The van der Waals surface area contributed by atoms with Gasteiger partial charge in [0.25, 0.3) is 0 Å². The van der Waals surface area contributed by atoms with E-state index in [1.165, 1.54) is 37.7 Å². The van der Waals surface area contributed by atoms with Crippen LogP contribution in [0.1, 0.15) is 50.5 Å². The highest BCUT2D eigenvalue weighted by atomic mass is 16.2. The summed E-state index contributed by atoms with van der Waals surface area (Å²) in [7, 11) is 0. The van der Waals surface area contributed by atoms with Gasteiger partial charge < -0.3 is 4.90 Å². The van der Waals surface area contributed by atoms with Gasteiger partial charge in [0.05, 0.1) is 0 Å². The number of benzene rings is 1. The van der Waals surface area contributed by atoms with Gasteiger partial charge >= 0.3 is 0 Å². The van der Waals surface area contributed by atoms with Crippen LogP contribution in [-0.2, 0) is 11.2 Å². The van der Waals surface area contributed by atoms with Crippen LogP contribution in [0.3, 0.4) is 0 Å². The largest absolute Gasteiger partial charge is 0.339 e. The second-order valence-electron chi connectivity index (χ2n) is 6.33. The van der Waals surface area contributed by atoms with E-state index in [0.29, 0.717) is 11.9 Å². The zero-order chi connectivity index (χ0) is 13.8. The molecule has 1 amide bonds. The Morgan fingerprint density at radius 2 is 1.75 bits per heavy atom. The number of nitrogens with zero attached hydrogens (tertiary/aromatic N) is 1. The summed E-state index contributed by atoms with van der Waals surface area (Å²) >= 11 is 0. The Bertz CT molecular complexity index is 436. The molecule has 1 heterocycles. The Labute approximate surface area is 122 Å². The first-order valence-corrected chi connectivity index (χ1v) is 8.19. The highest BCUT2D eigenvalue weighted by Crippen LogP contribution is 2.30. The molecule has 2 nitrogen and oxygen atoms in total. The van der Waals surface area contributed by atoms with E-state index in [1.807, 2.05) is 0 Å². The van der Waals surface area contributed by atoms with Crippen molar-refractivity contribution < 1.29 is 4.79 Å². The Morgan fingerprint density at radius 3 is 2.50 bits per heavy atom. The van der Waals surface area contributed by atoms with Gasteiger partial charge in [-0.15, -0.1) is 0 Å². The normalized spacial score (nSPS) is 24.3. The third kappa shape index (κ3) is 3.05. The van der Waals surface area contributed by atoms with Crippen LogP contribution in [0.2, 0.25) is 0 Å². The minimum absolute atomic E-state index is 0.275. The van der Waals surface area contributed by atoms with Gasteiger partial charge in [-0.1, -0.05) is 49.6 Å². The fourth-order valence-electron chi connectivity index (χ4n) is 3.77. The van der Waals surface area contributed by atoms with Crippen LogP contribution in [0.4, 0.5) is 0 Å². The molecular formula is C18H25NO. The Kier molecular flexibility index (Phi) is 4.39. The average molecular weight is 271 g/mol. The van der Waals surface area contributed by atoms with Gasteiger partial charge in [-0.2, -0.15) is 0 Å². The van der Waals surface area contributed by atoms with Crippen LogP contribution in [-0.4, -0.2) is 23.4 Å². The number of amides is 1. The second-order valence-corrected chi connectivity index (χ2v) is 6.33. The first kappa shape index (κ1) is 13.7. The first-order valence-electron chi connectivity index (χ1n) is 8.19. The fourth-order valence-corrected chi connectivity index (χ4v) is 3.77. The Hall–Kier alpha value is -1.31. The third-order valence-corrected chi connectivity index (χ3v) is 4.99. The molecule has 108 valence electrons. The van der Waals surface area contributed by atoms with Crippen LogP contribution < -0.4 is 0 Å². The maximum Gasteiger partial charge on any atom is 0.226 e. The molecule has 1 atom stereocenters. The highest BCUT2D eigenvalue weighted by Gasteiger charge is 2.35. The molecule has 1 saturated heterocycles. The van der Waals surface area contributed by atoms with E-state index in [4.69, 9.17) is 0 Å². The summed E-state index contributed by atoms with van der Waals surface area (Å²) in [4.78, 5) is 14.8. The fraction of sp³-hybridized carbons (Fsp3) is 0.611. The molecular weight excluding hydrogens is 246 g/mol. The number of carbonyl (C=O) groups is 1. The monoisotopic (exact) mass is 271 g/mol. The number of aryl methyl sites for hydroxylation is 1. The van der Waals surface area contributed by atoms with Crippen LogP contribution in [0, 0.1) is 5.92 Å². The molecule has 20 heavy (non-hydrogen) atoms. The minimum Gasteiger partial charge on any atom is -0.339 e. The number of hydrogen-bond donors (Lipinski definition) is 0. The lowest BCUT2D eigenvalue weighted by Crippen LogP contribution is -2.38. The topological polar surface area (TPSA) is 20.3 Å². The van der Waals surface area contributed by atoms with E-state index in [1.54, 1.807) is 0 Å². The molecule has 1 aromatic carbocycles. The van der Waals surface area contributed by atoms with Crippen molar-refractivity contribution in [1.29, 1.82) is 0 Å². The molecule has 0 radical (unpaired) electrons. The quantitative estimate of drug-likeness (QED) is 0.815. The number of carbonyl (C=O) groups excluding carboxylic acids is 1. The van der Waals surface area contributed by atoms with E-state index in [2.05, 4.69) is 35.2 Å². The summed E-state index contributed by atoms with van der Waals surface area (Å²) in [6, 6.07) is 11.1. The zero-order valence-corrected chi connectivity index (χ0v) is 12.3. The predicted molar refractivity (Wildman–Crippen MR) is 81.5 cm³/mol. The van der Waals surface area contributed by atoms with E-state index in [0.717, 1.165) is 25.8 Å². The number of likely N-dealkylation sites (tertiary alicyclic amines) is 1. The molecule has 2 heteroatoms. The molecule has 0 aromatic heterocycles. The SMILES string of the molecule is O=C1[C@@H](CCc2ccccc2)CCN1C1CCCCC1. The molecule has 0 unspecified atom stereocenters. The van der Waals surface area contributed by atoms with Crippen molar-refractivity contribution in [3.63, 3.8) is 0 Å². The zero-order valence-electron chi connectivity index (χ0n) is 12.3. The lowest BCUT2D eigenvalue weighted by molar-refractivity contribution is -0.133. The molecule has 3 rings (SSSR count). The van der Waals surface area contributed by atoms with Crippen LogP contribution in [0.25, 0.3) is 0 Å². The van der Waals surface area contributed by atoms with Gasteiger partial charge in [-0.25, -0.2) is 0 Å². The highest BCUT2D eigenvalue weighted by molar-refractivity contribution is 5.81. The first-order chi connectivity index (χ1) is 9.84. The van der Waals surface area contributed by atoms with Crippen molar-refractivity contribution in [3.8, 4) is 0 Å². The van der Waals surface area contributed by atoms with Crippen molar-refractivity contribution in [1.82, 2.24) is 4.90 Å². The minimum atomic E-state index is 0.275. The van der Waals surface area contributed by atoms with Crippen molar-refractivity contribution in [3.05, 3.63) is 35.9 Å². The lowest BCUT2D eigenvalue weighted by Gasteiger charge is -2.31. The lowest BCUT2D eigenvalue weighted by atomic mass is 9.94. The van der Waals surface area contributed by atoms with Gasteiger partial charge in [0, 0.05) is 18.5 Å². The Balaban J connectivity index is 1.53. The van der Waals surface area contributed by atoms with Crippen LogP contribution >= 0.6 is 0 Å². The van der Waals surface area contributed by atoms with Gasteiger partial charge in [0.15, 0.2) is 0 Å². The summed E-state index contributed by atoms with van der Waals surface area (Å²) < 4.78 is 0. The van der Waals surface area contributed by atoms with Gasteiger partial charge in [-0.05, 0) is 37.7 Å². The average Bonchev–Trinajstić information content (AvgIpc) is 2.88. The molecule has 2 fully saturated rings. The summed E-state index contributed by atoms with van der Waals surface area (Å²) in [5, 5.41) is 0.